The second-order valence-electron chi connectivity index (χ2n) is 3.79. The lowest BCUT2D eigenvalue weighted by Gasteiger charge is -2.12. The van der Waals surface area contributed by atoms with Crippen molar-refractivity contribution in [2.24, 2.45) is 0 Å². The number of esters is 1. The Hall–Kier alpha value is -2.24. The molecular weight excluding hydrogens is 262 g/mol. The predicted octanol–water partition coefficient (Wildman–Crippen LogP) is 1.39. The van der Waals surface area contributed by atoms with E-state index < -0.39 is 5.97 Å². The Morgan fingerprint density at radius 1 is 1.10 bits per heavy atom. The first kappa shape index (κ1) is 15.8. The maximum Gasteiger partial charge on any atom is 0.325 e. The van der Waals surface area contributed by atoms with Gasteiger partial charge in [0.05, 0.1) is 20.3 Å². The third-order valence-electron chi connectivity index (χ3n) is 2.43. The quantitative estimate of drug-likeness (QED) is 0.764. The van der Waals surface area contributed by atoms with Crippen molar-refractivity contribution in [2.45, 2.75) is 13.8 Å². The Labute approximate surface area is 118 Å². The van der Waals surface area contributed by atoms with Gasteiger partial charge in [-0.2, -0.15) is 0 Å². The van der Waals surface area contributed by atoms with Crippen LogP contribution in [0.25, 0.3) is 0 Å². The molecule has 6 heteroatoms. The van der Waals surface area contributed by atoms with Crippen molar-refractivity contribution in [1.82, 2.24) is 5.32 Å². The summed E-state index contributed by atoms with van der Waals surface area (Å²) in [6.07, 6.45) is 0. The van der Waals surface area contributed by atoms with Crippen molar-refractivity contribution >= 4 is 11.9 Å². The van der Waals surface area contributed by atoms with Gasteiger partial charge in [-0.25, -0.2) is 0 Å². The summed E-state index contributed by atoms with van der Waals surface area (Å²) >= 11 is 0. The topological polar surface area (TPSA) is 73.9 Å². The monoisotopic (exact) mass is 281 g/mol. The average molecular weight is 281 g/mol. The molecule has 0 bridgehead atoms. The molecule has 0 fully saturated rings. The summed E-state index contributed by atoms with van der Waals surface area (Å²) in [6, 6.07) is 4.86. The van der Waals surface area contributed by atoms with E-state index in [1.54, 1.807) is 18.2 Å². The molecule has 0 radical (unpaired) electrons. The molecule has 0 saturated heterocycles. The maximum atomic E-state index is 11.9. The van der Waals surface area contributed by atoms with E-state index in [9.17, 15) is 9.59 Å². The van der Waals surface area contributed by atoms with Crippen LogP contribution in [0, 0.1) is 0 Å². The fourth-order valence-corrected chi connectivity index (χ4v) is 1.52. The number of hydrogen-bond acceptors (Lipinski definition) is 5. The van der Waals surface area contributed by atoms with Crippen molar-refractivity contribution in [3.05, 3.63) is 23.8 Å². The summed E-state index contributed by atoms with van der Waals surface area (Å²) < 4.78 is 15.3. The molecule has 0 atom stereocenters. The Balaban J connectivity index is 2.82. The largest absolute Gasteiger partial charge is 0.490 e. The minimum absolute atomic E-state index is 0.174. The van der Waals surface area contributed by atoms with E-state index >= 15 is 0 Å². The lowest BCUT2D eigenvalue weighted by atomic mass is 10.2. The third kappa shape index (κ3) is 4.46. The summed E-state index contributed by atoms with van der Waals surface area (Å²) in [5.74, 6) is 0.202. The van der Waals surface area contributed by atoms with Crippen LogP contribution in [0.3, 0.4) is 0 Å². The van der Waals surface area contributed by atoms with Crippen LogP contribution in [0.5, 0.6) is 11.5 Å². The molecule has 6 nitrogen and oxygen atoms in total. The highest BCUT2D eigenvalue weighted by molar-refractivity contribution is 5.96. The van der Waals surface area contributed by atoms with Gasteiger partial charge < -0.3 is 19.5 Å². The van der Waals surface area contributed by atoms with Crippen LogP contribution < -0.4 is 14.8 Å². The summed E-state index contributed by atoms with van der Waals surface area (Å²) in [5.41, 5.74) is 0.390. The van der Waals surface area contributed by atoms with Crippen molar-refractivity contribution in [3.8, 4) is 11.5 Å². The second kappa shape index (κ2) is 8.04. The van der Waals surface area contributed by atoms with Gasteiger partial charge in [-0.1, -0.05) is 0 Å². The lowest BCUT2D eigenvalue weighted by molar-refractivity contribution is -0.139. The van der Waals surface area contributed by atoms with Crippen LogP contribution in [0.15, 0.2) is 18.2 Å². The number of ether oxygens (including phenoxy) is 3. The molecular formula is C14H19NO5. The lowest BCUT2D eigenvalue weighted by Crippen LogP contribution is -2.30. The van der Waals surface area contributed by atoms with E-state index in [0.717, 1.165) is 0 Å². The number of carbonyl (C=O) groups is 2. The zero-order valence-electron chi connectivity index (χ0n) is 11.9. The first-order valence-corrected chi connectivity index (χ1v) is 6.37. The highest BCUT2D eigenvalue weighted by Crippen LogP contribution is 2.28. The molecule has 1 aromatic carbocycles. The molecule has 0 spiro atoms. The highest BCUT2D eigenvalue weighted by atomic mass is 16.5. The Morgan fingerprint density at radius 2 is 1.75 bits per heavy atom. The summed E-state index contributed by atoms with van der Waals surface area (Å²) in [7, 11) is 1.26. The Morgan fingerprint density at radius 3 is 2.35 bits per heavy atom. The molecule has 0 aromatic heterocycles. The summed E-state index contributed by atoms with van der Waals surface area (Å²) in [5, 5.41) is 2.46. The molecule has 20 heavy (non-hydrogen) atoms. The number of hydrogen-bond donors (Lipinski definition) is 1. The van der Waals surface area contributed by atoms with Crippen LogP contribution in [-0.4, -0.2) is 38.7 Å². The predicted molar refractivity (Wildman–Crippen MR) is 73.1 cm³/mol. The van der Waals surface area contributed by atoms with E-state index in [-0.39, 0.29) is 12.5 Å². The van der Waals surface area contributed by atoms with Gasteiger partial charge in [-0.3, -0.25) is 9.59 Å². The van der Waals surface area contributed by atoms with E-state index in [0.29, 0.717) is 30.3 Å². The van der Waals surface area contributed by atoms with E-state index in [2.05, 4.69) is 10.1 Å². The standard InChI is InChI=1S/C14H19NO5/c1-4-19-11-7-6-10(8-12(11)20-5-2)14(17)15-9-13(16)18-3/h6-8H,4-5,9H2,1-3H3,(H,15,17). The minimum Gasteiger partial charge on any atom is -0.490 e. The zero-order valence-corrected chi connectivity index (χ0v) is 11.9. The minimum atomic E-state index is -0.505. The highest BCUT2D eigenvalue weighted by Gasteiger charge is 2.12. The van der Waals surface area contributed by atoms with Gasteiger partial charge in [0.1, 0.15) is 6.54 Å². The Bertz CT molecular complexity index is 473. The van der Waals surface area contributed by atoms with Crippen LogP contribution in [-0.2, 0) is 9.53 Å². The molecule has 1 N–H and O–H groups in total. The molecule has 0 aliphatic carbocycles. The van der Waals surface area contributed by atoms with Gasteiger partial charge >= 0.3 is 5.97 Å². The number of rotatable bonds is 7. The van der Waals surface area contributed by atoms with E-state index in [1.807, 2.05) is 13.8 Å². The van der Waals surface area contributed by atoms with Gasteiger partial charge in [-0.15, -0.1) is 0 Å². The number of amides is 1. The van der Waals surface area contributed by atoms with Crippen molar-refractivity contribution in [1.29, 1.82) is 0 Å². The van der Waals surface area contributed by atoms with Crippen molar-refractivity contribution in [2.75, 3.05) is 26.9 Å². The van der Waals surface area contributed by atoms with Gasteiger partial charge in [0.2, 0.25) is 0 Å². The van der Waals surface area contributed by atoms with E-state index in [1.165, 1.54) is 7.11 Å². The number of methoxy groups -OCH3 is 1. The smallest absolute Gasteiger partial charge is 0.325 e. The molecule has 0 heterocycles. The Kier molecular flexibility index (Phi) is 6.36. The van der Waals surface area contributed by atoms with Gasteiger partial charge in [-0.05, 0) is 32.0 Å². The number of nitrogens with one attached hydrogen (secondary N) is 1. The van der Waals surface area contributed by atoms with Crippen molar-refractivity contribution in [3.63, 3.8) is 0 Å². The fourth-order valence-electron chi connectivity index (χ4n) is 1.52. The third-order valence-corrected chi connectivity index (χ3v) is 2.43. The first-order valence-electron chi connectivity index (χ1n) is 6.37. The van der Waals surface area contributed by atoms with Gasteiger partial charge in [0.25, 0.3) is 5.91 Å². The van der Waals surface area contributed by atoms with Crippen LogP contribution >= 0.6 is 0 Å². The maximum absolute atomic E-state index is 11.9. The van der Waals surface area contributed by atoms with Gasteiger partial charge in [0.15, 0.2) is 11.5 Å². The molecule has 0 aliphatic rings. The molecule has 0 unspecified atom stereocenters. The molecule has 0 aliphatic heterocycles. The molecule has 110 valence electrons. The normalized spacial score (nSPS) is 9.75. The van der Waals surface area contributed by atoms with Crippen molar-refractivity contribution < 1.29 is 23.8 Å². The number of benzene rings is 1. The molecule has 1 aromatic rings. The average Bonchev–Trinajstić information content (AvgIpc) is 2.46. The van der Waals surface area contributed by atoms with Gasteiger partial charge in [0, 0.05) is 5.56 Å². The van der Waals surface area contributed by atoms with Crippen LogP contribution in [0.2, 0.25) is 0 Å². The molecule has 0 saturated carbocycles. The second-order valence-corrected chi connectivity index (χ2v) is 3.79. The summed E-state index contributed by atoms with van der Waals surface area (Å²) in [6.45, 7) is 4.51. The summed E-state index contributed by atoms with van der Waals surface area (Å²) in [4.78, 5) is 22.9. The molecule has 1 rings (SSSR count). The van der Waals surface area contributed by atoms with Crippen LogP contribution in [0.4, 0.5) is 0 Å². The number of carbonyl (C=O) groups excluding carboxylic acids is 2. The SMILES string of the molecule is CCOc1ccc(C(=O)NCC(=O)OC)cc1OCC. The zero-order chi connectivity index (χ0) is 15.0. The molecule has 1 amide bonds. The van der Waals surface area contributed by atoms with Crippen LogP contribution in [0.1, 0.15) is 24.2 Å². The first-order chi connectivity index (χ1) is 9.62. The fraction of sp³-hybridized carbons (Fsp3) is 0.429. The van der Waals surface area contributed by atoms with E-state index in [4.69, 9.17) is 9.47 Å².